The number of ether oxygens (including phenoxy) is 1. The van der Waals surface area contributed by atoms with Crippen molar-refractivity contribution >= 4 is 0 Å². The number of nitrogens with zero attached hydrogens (tertiary/aromatic N) is 1. The van der Waals surface area contributed by atoms with E-state index >= 15 is 0 Å². The number of methoxy groups -OCH3 is 1. The molecule has 3 N–H and O–H groups in total. The Kier molecular flexibility index (Phi) is 4.42. The quantitative estimate of drug-likeness (QED) is 0.780. The Labute approximate surface area is 117 Å². The van der Waals surface area contributed by atoms with Crippen molar-refractivity contribution in [3.8, 4) is 17.4 Å². The maximum atomic E-state index is 9.82. The molecule has 0 amide bonds. The molecule has 1 aromatic heterocycles. The van der Waals surface area contributed by atoms with E-state index in [1.165, 1.54) is 6.07 Å². The Bertz CT molecular complexity index is 587. The molecule has 0 saturated carbocycles. The highest BCUT2D eigenvalue weighted by atomic mass is 16.5. The van der Waals surface area contributed by atoms with Crippen LogP contribution in [0.2, 0.25) is 0 Å². The predicted octanol–water partition coefficient (Wildman–Crippen LogP) is 2.35. The van der Waals surface area contributed by atoms with Crippen molar-refractivity contribution in [3.63, 3.8) is 0 Å². The van der Waals surface area contributed by atoms with Crippen molar-refractivity contribution in [1.29, 1.82) is 0 Å². The van der Waals surface area contributed by atoms with Crippen LogP contribution < -0.4 is 10.1 Å². The lowest BCUT2D eigenvalue weighted by Gasteiger charge is -2.16. The number of rotatable bonds is 5. The highest BCUT2D eigenvalue weighted by Crippen LogP contribution is 2.28. The molecule has 20 heavy (non-hydrogen) atoms. The summed E-state index contributed by atoms with van der Waals surface area (Å²) in [4.78, 5) is 4.13. The van der Waals surface area contributed by atoms with E-state index in [1.807, 2.05) is 19.1 Å². The summed E-state index contributed by atoms with van der Waals surface area (Å²) in [5, 5.41) is 22.4. The molecule has 2 rings (SSSR count). The summed E-state index contributed by atoms with van der Waals surface area (Å²) in [6, 6.07) is 8.30. The van der Waals surface area contributed by atoms with Gasteiger partial charge in [-0.1, -0.05) is 12.1 Å². The molecule has 0 bridgehead atoms. The highest BCUT2D eigenvalue weighted by molar-refractivity contribution is 5.40. The van der Waals surface area contributed by atoms with Crippen LogP contribution in [0.1, 0.15) is 24.1 Å². The minimum Gasteiger partial charge on any atom is -0.508 e. The van der Waals surface area contributed by atoms with Crippen molar-refractivity contribution in [3.05, 3.63) is 47.7 Å². The lowest BCUT2D eigenvalue weighted by molar-refractivity contribution is 0.388. The van der Waals surface area contributed by atoms with Gasteiger partial charge in [-0.05, 0) is 19.1 Å². The first-order valence-corrected chi connectivity index (χ1v) is 6.35. The van der Waals surface area contributed by atoms with Gasteiger partial charge in [0.2, 0.25) is 5.88 Å². The molecular weight excluding hydrogens is 256 g/mol. The third-order valence-electron chi connectivity index (χ3n) is 3.12. The molecule has 2 aromatic rings. The Morgan fingerprint density at radius 1 is 1.30 bits per heavy atom. The zero-order valence-electron chi connectivity index (χ0n) is 11.5. The first-order chi connectivity index (χ1) is 9.61. The highest BCUT2D eigenvalue weighted by Gasteiger charge is 2.11. The Balaban J connectivity index is 2.06. The molecule has 0 aliphatic carbocycles. The van der Waals surface area contributed by atoms with Crippen LogP contribution in [0.25, 0.3) is 0 Å². The number of aromatic hydroxyl groups is 2. The van der Waals surface area contributed by atoms with Crippen LogP contribution in [0.5, 0.6) is 17.4 Å². The van der Waals surface area contributed by atoms with Crippen LogP contribution >= 0.6 is 0 Å². The van der Waals surface area contributed by atoms with E-state index in [4.69, 9.17) is 4.74 Å². The van der Waals surface area contributed by atoms with Gasteiger partial charge in [0.1, 0.15) is 11.5 Å². The molecule has 1 unspecified atom stereocenters. The summed E-state index contributed by atoms with van der Waals surface area (Å²) < 4.78 is 5.19. The number of aromatic nitrogens is 1. The van der Waals surface area contributed by atoms with Crippen molar-refractivity contribution in [2.75, 3.05) is 7.11 Å². The van der Waals surface area contributed by atoms with Crippen LogP contribution in [0, 0.1) is 0 Å². The smallest absolute Gasteiger partial charge is 0.217 e. The number of phenols is 2. The zero-order valence-corrected chi connectivity index (χ0v) is 11.5. The van der Waals surface area contributed by atoms with Gasteiger partial charge >= 0.3 is 0 Å². The molecule has 5 nitrogen and oxygen atoms in total. The lowest BCUT2D eigenvalue weighted by Crippen LogP contribution is -2.18. The molecule has 5 heteroatoms. The Morgan fingerprint density at radius 2 is 2.10 bits per heavy atom. The normalized spacial score (nSPS) is 12.1. The zero-order chi connectivity index (χ0) is 14.5. The van der Waals surface area contributed by atoms with Crippen molar-refractivity contribution in [2.45, 2.75) is 19.5 Å². The first kappa shape index (κ1) is 14.1. The summed E-state index contributed by atoms with van der Waals surface area (Å²) >= 11 is 0. The van der Waals surface area contributed by atoms with Crippen molar-refractivity contribution in [2.24, 2.45) is 0 Å². The Hall–Kier alpha value is -2.27. The molecule has 1 atom stereocenters. The van der Waals surface area contributed by atoms with Gasteiger partial charge in [0.25, 0.3) is 0 Å². The molecule has 1 heterocycles. The number of benzene rings is 1. The lowest BCUT2D eigenvalue weighted by atomic mass is 10.1. The number of pyridine rings is 1. The van der Waals surface area contributed by atoms with Crippen LogP contribution in [-0.4, -0.2) is 22.3 Å². The van der Waals surface area contributed by atoms with Crippen LogP contribution in [0.15, 0.2) is 36.5 Å². The third kappa shape index (κ3) is 3.19. The summed E-state index contributed by atoms with van der Waals surface area (Å²) in [7, 11) is 1.58. The van der Waals surface area contributed by atoms with Gasteiger partial charge in [-0.3, -0.25) is 0 Å². The fourth-order valence-electron chi connectivity index (χ4n) is 2.01. The Morgan fingerprint density at radius 3 is 2.80 bits per heavy atom. The fourth-order valence-corrected chi connectivity index (χ4v) is 2.01. The second-order valence-electron chi connectivity index (χ2n) is 4.52. The molecule has 106 valence electrons. The van der Waals surface area contributed by atoms with Crippen molar-refractivity contribution in [1.82, 2.24) is 10.3 Å². The van der Waals surface area contributed by atoms with Crippen LogP contribution in [-0.2, 0) is 6.54 Å². The predicted molar refractivity (Wildman–Crippen MR) is 75.8 cm³/mol. The van der Waals surface area contributed by atoms with Gasteiger partial charge in [0.05, 0.1) is 7.11 Å². The van der Waals surface area contributed by atoms with Gasteiger partial charge in [0, 0.05) is 36.0 Å². The first-order valence-electron chi connectivity index (χ1n) is 6.35. The summed E-state index contributed by atoms with van der Waals surface area (Å²) in [6.45, 7) is 2.51. The van der Waals surface area contributed by atoms with Crippen LogP contribution in [0.4, 0.5) is 0 Å². The second-order valence-corrected chi connectivity index (χ2v) is 4.52. The van der Waals surface area contributed by atoms with E-state index < -0.39 is 0 Å². The molecular formula is C15H18N2O3. The maximum Gasteiger partial charge on any atom is 0.217 e. The minimum absolute atomic E-state index is 0.0485. The van der Waals surface area contributed by atoms with E-state index in [0.29, 0.717) is 12.4 Å². The molecule has 0 fully saturated rings. The molecule has 0 aliphatic heterocycles. The molecule has 0 aliphatic rings. The SMILES string of the molecule is COc1ncccc1CNC(C)c1ccc(O)cc1O. The third-order valence-corrected chi connectivity index (χ3v) is 3.12. The number of hydrogen-bond acceptors (Lipinski definition) is 5. The van der Waals surface area contributed by atoms with Gasteiger partial charge in [-0.25, -0.2) is 4.98 Å². The van der Waals surface area contributed by atoms with Gasteiger partial charge in [-0.15, -0.1) is 0 Å². The molecule has 0 spiro atoms. The number of phenolic OH excluding ortho intramolecular Hbond substituents is 2. The summed E-state index contributed by atoms with van der Waals surface area (Å²) in [5.41, 5.74) is 1.67. The van der Waals surface area contributed by atoms with Gasteiger partial charge < -0.3 is 20.3 Å². The van der Waals surface area contributed by atoms with Crippen LogP contribution in [0.3, 0.4) is 0 Å². The minimum atomic E-state index is -0.0690. The summed E-state index contributed by atoms with van der Waals surface area (Å²) in [6.07, 6.45) is 1.68. The second kappa shape index (κ2) is 6.25. The average molecular weight is 274 g/mol. The molecule has 0 radical (unpaired) electrons. The number of hydrogen-bond donors (Lipinski definition) is 3. The van der Waals surface area contributed by atoms with E-state index in [0.717, 1.165) is 11.1 Å². The summed E-state index contributed by atoms with van der Waals surface area (Å²) in [5.74, 6) is 0.706. The van der Waals surface area contributed by atoms with E-state index in [1.54, 1.807) is 25.4 Å². The number of nitrogens with one attached hydrogen (secondary N) is 1. The molecule has 0 saturated heterocycles. The topological polar surface area (TPSA) is 74.6 Å². The van der Waals surface area contributed by atoms with E-state index in [9.17, 15) is 10.2 Å². The largest absolute Gasteiger partial charge is 0.508 e. The fraction of sp³-hybridized carbons (Fsp3) is 0.267. The maximum absolute atomic E-state index is 9.82. The monoisotopic (exact) mass is 274 g/mol. The van der Waals surface area contributed by atoms with Gasteiger partial charge in [0.15, 0.2) is 0 Å². The van der Waals surface area contributed by atoms with E-state index in [-0.39, 0.29) is 17.5 Å². The van der Waals surface area contributed by atoms with Gasteiger partial charge in [-0.2, -0.15) is 0 Å². The average Bonchev–Trinajstić information content (AvgIpc) is 2.45. The van der Waals surface area contributed by atoms with Crippen molar-refractivity contribution < 1.29 is 14.9 Å². The standard InChI is InChI=1S/C15H18N2O3/c1-10(13-6-5-12(18)8-14(13)19)17-9-11-4-3-7-16-15(11)20-2/h3-8,10,17-19H,9H2,1-2H3. The molecule has 1 aromatic carbocycles. The van der Waals surface area contributed by atoms with E-state index in [2.05, 4.69) is 10.3 Å².